The van der Waals surface area contributed by atoms with Crippen molar-refractivity contribution in [1.82, 2.24) is 73.0 Å². The van der Waals surface area contributed by atoms with Crippen molar-refractivity contribution in [1.29, 1.82) is 0 Å². The molecule has 3 saturated heterocycles. The van der Waals surface area contributed by atoms with E-state index in [1.165, 1.54) is 47.3 Å². The maximum Gasteiger partial charge on any atom is 0.306 e. The number of imidazole rings is 1. The fourth-order valence-corrected chi connectivity index (χ4v) is 21.0. The average Bonchev–Trinajstić information content (AvgIpc) is 1.57. The topological polar surface area (TPSA) is 564 Å². The zero-order chi connectivity index (χ0) is 98.2. The molecular formula is C99H140N18O18. The largest absolute Gasteiger partial charge is 0.508 e. The van der Waals surface area contributed by atoms with Gasteiger partial charge in [0.15, 0.2) is 23.1 Å². The number of aromatic nitrogens is 3. The summed E-state index contributed by atoms with van der Waals surface area (Å²) >= 11 is 0. The number of imide groups is 1. The lowest BCUT2D eigenvalue weighted by Crippen LogP contribution is -2.61. The fourth-order valence-electron chi connectivity index (χ4n) is 21.0. The Bertz CT molecular complexity index is 5110. The number of nitrogens with zero attached hydrogens (tertiary/aromatic N) is 3. The van der Waals surface area contributed by atoms with Crippen molar-refractivity contribution < 1.29 is 86.9 Å². The van der Waals surface area contributed by atoms with Gasteiger partial charge in [0.1, 0.15) is 60.1 Å². The number of esters is 1. The first-order valence-corrected chi connectivity index (χ1v) is 47.9. The number of fused-ring (bicyclic) bond motifs is 6. The summed E-state index contributed by atoms with van der Waals surface area (Å²) in [6, 6.07) is 8.90. The smallest absolute Gasteiger partial charge is 0.306 e. The molecule has 3 aliphatic heterocycles. The Morgan fingerprint density at radius 1 is 0.637 bits per heavy atom. The molecule has 0 radical (unpaired) electrons. The van der Waals surface area contributed by atoms with Crippen LogP contribution in [0.3, 0.4) is 0 Å². The maximum atomic E-state index is 14.7. The Labute approximate surface area is 788 Å². The van der Waals surface area contributed by atoms with Crippen LogP contribution in [0.1, 0.15) is 239 Å². The van der Waals surface area contributed by atoms with E-state index in [9.17, 15) is 82.1 Å². The molecule has 7 aliphatic rings. The number of Topliss-reactive ketones (excluding diaryl/α,β-unsaturated/α-hetero) is 1. The van der Waals surface area contributed by atoms with Crippen LogP contribution in [0.25, 0.3) is 10.9 Å². The summed E-state index contributed by atoms with van der Waals surface area (Å²) in [6.07, 6.45) is 20.1. The average molecular weight is 1870 g/mol. The number of amides is 12. The third kappa shape index (κ3) is 26.4. The number of unbranched alkanes of at least 4 members (excludes halogenated alkanes) is 2. The van der Waals surface area contributed by atoms with Crippen LogP contribution >= 0.6 is 0 Å². The second-order valence-electron chi connectivity index (χ2n) is 38.5. The third-order valence-electron chi connectivity index (χ3n) is 28.4. The van der Waals surface area contributed by atoms with E-state index in [2.05, 4.69) is 93.9 Å². The summed E-state index contributed by atoms with van der Waals surface area (Å²) in [5, 5.41) is 48.3. The molecule has 4 aliphatic carbocycles. The number of phenols is 1. The number of H-pyrrole nitrogens is 2. The van der Waals surface area contributed by atoms with Gasteiger partial charge in [-0.05, 0) is 211 Å². The number of nitrogens with two attached hydrogens (primary N) is 3. The minimum atomic E-state index is -1.75. The van der Waals surface area contributed by atoms with Gasteiger partial charge in [0, 0.05) is 105 Å². The van der Waals surface area contributed by atoms with Crippen LogP contribution in [-0.2, 0) is 101 Å². The molecule has 1 unspecified atom stereocenters. The van der Waals surface area contributed by atoms with Gasteiger partial charge in [0.05, 0.1) is 18.3 Å². The predicted octanol–water partition coefficient (Wildman–Crippen LogP) is 5.88. The molecule has 16 atom stereocenters. The number of nitrogens with one attached hydrogen (secondary N) is 12. The molecule has 0 bridgehead atoms. The van der Waals surface area contributed by atoms with Gasteiger partial charge < -0.3 is 94.9 Å². The number of para-hydroxylation sites is 1. The van der Waals surface area contributed by atoms with E-state index >= 15 is 0 Å². The Hall–Kier alpha value is -12.4. The van der Waals surface area contributed by atoms with Gasteiger partial charge in [-0.2, -0.15) is 0 Å². The highest BCUT2D eigenvalue weighted by molar-refractivity contribution is 6.04. The Morgan fingerprint density at radius 3 is 1.86 bits per heavy atom. The van der Waals surface area contributed by atoms with E-state index in [-0.39, 0.29) is 146 Å². The number of rotatable bonds is 40. The molecule has 2 aromatic heterocycles. The van der Waals surface area contributed by atoms with Crippen LogP contribution < -0.4 is 70.4 Å². The quantitative estimate of drug-likeness (QED) is 0.00543. The van der Waals surface area contributed by atoms with Crippen molar-refractivity contribution in [2.75, 3.05) is 32.0 Å². The number of likely N-dealkylation sites (N-methyl/N-ethyl adjacent to an activating group) is 1. The van der Waals surface area contributed by atoms with Crippen molar-refractivity contribution in [3.63, 3.8) is 0 Å². The summed E-state index contributed by atoms with van der Waals surface area (Å²) < 4.78 is 6.16. The number of anilines is 1. The first-order valence-electron chi connectivity index (χ1n) is 47.9. The first-order chi connectivity index (χ1) is 64.3. The molecule has 5 heterocycles. The number of phenolic OH excluding ortho intramolecular Hbond substituents is 1. The number of ether oxygens (including phenoxy) is 1. The minimum Gasteiger partial charge on any atom is -0.508 e. The number of aliphatic hydroxyl groups excluding tert-OH is 1. The SMILES string of the molecule is CCC1(c2ccc(N)cc2)CCC(=O)NC1=O.CCCCCC(=O)O[C@]1(C(C)=O)CC[C@H]2[C@@H]3CCC4=CC(=O)CC[C@]4(C)[C@H]3CC[C@@]21C.CCNC(=O)[C@@H]1CCCN1C(=O)[C@H](CCCN=C(N)N)NC(=O)[C@H](CC(C)C)NC(=O)[C@@H](CC(C)C)NC(=O)[C@H](Cc1ccc(O)cc1)NC(=O)[C@H](CO)NC(=O)[C@H](Cc1c[nH]c2ccccc12)NC(=O)[C@H](Cc1cnc[nH]1)NC(=O)[C@@H]1CCC(=O)N1. The number of benzene rings is 3. The molecule has 5 aromatic rings. The van der Waals surface area contributed by atoms with Gasteiger partial charge in [-0.15, -0.1) is 0 Å². The van der Waals surface area contributed by atoms with Gasteiger partial charge in [-0.25, -0.2) is 4.98 Å². The van der Waals surface area contributed by atoms with Gasteiger partial charge in [-0.1, -0.05) is 116 Å². The van der Waals surface area contributed by atoms with E-state index in [0.717, 1.165) is 68.9 Å². The highest BCUT2D eigenvalue weighted by Crippen LogP contribution is 2.68. The van der Waals surface area contributed by atoms with Crippen molar-refractivity contribution in [3.8, 4) is 5.75 Å². The van der Waals surface area contributed by atoms with E-state index in [1.807, 2.05) is 45.0 Å². The molecule has 135 heavy (non-hydrogen) atoms. The minimum absolute atomic E-state index is 0.0330. The number of carbonyl (C=O) groups excluding carboxylic acids is 15. The molecule has 12 amide bonds. The molecule has 12 rings (SSSR count). The first kappa shape index (κ1) is 105. The van der Waals surface area contributed by atoms with E-state index in [0.29, 0.717) is 104 Å². The van der Waals surface area contributed by atoms with Gasteiger partial charge in [-0.3, -0.25) is 82.2 Å². The number of guanidine groups is 1. The summed E-state index contributed by atoms with van der Waals surface area (Å²) in [4.78, 5) is 216. The number of aliphatic imine (C=N–C) groups is 1. The number of piperidine rings is 1. The van der Waals surface area contributed by atoms with Crippen molar-refractivity contribution in [2.45, 2.75) is 302 Å². The molecule has 3 saturated carbocycles. The maximum absolute atomic E-state index is 14.7. The van der Waals surface area contributed by atoms with Crippen molar-refractivity contribution in [2.24, 2.45) is 56.9 Å². The van der Waals surface area contributed by atoms with E-state index < -0.39 is 119 Å². The van der Waals surface area contributed by atoms with Gasteiger partial charge >= 0.3 is 5.97 Å². The van der Waals surface area contributed by atoms with Crippen LogP contribution in [0.4, 0.5) is 5.69 Å². The van der Waals surface area contributed by atoms with E-state index in [4.69, 9.17) is 21.9 Å². The lowest BCUT2D eigenvalue weighted by atomic mass is 9.46. The number of aromatic amines is 2. The van der Waals surface area contributed by atoms with Crippen molar-refractivity contribution in [3.05, 3.63) is 126 Å². The fraction of sp³-hybridized carbons (Fsp3) is 0.586. The van der Waals surface area contributed by atoms with Crippen LogP contribution in [0.5, 0.6) is 5.75 Å². The second-order valence-corrected chi connectivity index (χ2v) is 38.5. The summed E-state index contributed by atoms with van der Waals surface area (Å²) in [7, 11) is 0. The number of nitrogen functional groups attached to an aromatic ring is 1. The summed E-state index contributed by atoms with van der Waals surface area (Å²) in [5.74, 6) is -6.27. The van der Waals surface area contributed by atoms with Crippen molar-refractivity contribution >= 4 is 111 Å². The molecule has 734 valence electrons. The highest BCUT2D eigenvalue weighted by Gasteiger charge is 2.68. The zero-order valence-corrected chi connectivity index (χ0v) is 79.5. The van der Waals surface area contributed by atoms with Crippen LogP contribution in [-0.4, -0.2) is 211 Å². The lowest BCUT2D eigenvalue weighted by Gasteiger charge is -2.59. The normalized spacial score (nSPS) is 23.7. The van der Waals surface area contributed by atoms with Crippen LogP contribution in [0.15, 0.2) is 108 Å². The van der Waals surface area contributed by atoms with Crippen LogP contribution in [0.2, 0.25) is 0 Å². The number of likely N-dealkylation sites (tertiary alicyclic amines) is 1. The molecule has 0 spiro atoms. The molecule has 6 fully saturated rings. The summed E-state index contributed by atoms with van der Waals surface area (Å²) in [6.45, 7) is 19.2. The van der Waals surface area contributed by atoms with Crippen LogP contribution in [0, 0.1) is 40.4 Å². The number of carbonyl (C=O) groups is 15. The number of ketones is 2. The number of hydrogen-bond donors (Lipinski definition) is 17. The highest BCUT2D eigenvalue weighted by atomic mass is 16.6. The number of hydrogen-bond acceptors (Lipinski definition) is 21. The summed E-state index contributed by atoms with van der Waals surface area (Å²) in [5.41, 5.74) is 20.2. The monoisotopic (exact) mass is 1870 g/mol. The number of aliphatic hydroxyl groups is 1. The molecule has 36 heteroatoms. The molecule has 36 nitrogen and oxygen atoms in total. The van der Waals surface area contributed by atoms with E-state index in [1.54, 1.807) is 64.2 Å². The molecular weight excluding hydrogens is 1730 g/mol. The second kappa shape index (κ2) is 47.7. The van der Waals surface area contributed by atoms with Gasteiger partial charge in [0.25, 0.3) is 0 Å². The Morgan fingerprint density at radius 2 is 1.26 bits per heavy atom. The Kier molecular flexibility index (Phi) is 37.0. The predicted molar refractivity (Wildman–Crippen MR) is 506 cm³/mol. The molecule has 20 N–H and O–H groups in total. The zero-order valence-electron chi connectivity index (χ0n) is 79.5. The third-order valence-corrected chi connectivity index (χ3v) is 28.4. The Balaban J connectivity index is 0.000000314. The lowest BCUT2D eigenvalue weighted by molar-refractivity contribution is -0.189. The van der Waals surface area contributed by atoms with Gasteiger partial charge in [0.2, 0.25) is 70.9 Å². The number of allylic oxidation sites excluding steroid dienone is 1. The standard InChI is InChI=1S/C59H84N16O12.C27H40O4.C13H16N2O2/c1-6-63-57(86)48-14-10-22-75(48)58(87)41(13-9-21-64-59(60)61)68-51(80)42(23-32(2)3)69-52(81)43(24-33(4)5)70-53(82)44(25-34-15-17-37(77)18-16-34)71-56(85)47(30-76)74-54(83)45(26-35-28-65-39-12-8-7-11-38(35)39)72-55(84)46(27-36-29-62-31-66-36)73-50(79)40-19-20-49(78)67-40;1-5-6-7-8-24(30)31-27(18(2)28)16-13-23-21-10-9-19-17-20(29)11-14-25(19,3)22(21)12-15-26(23,27)4;1-2-13(8-7-11(16)15-12(13)17)9-3-5-10(14)6-4-9/h7-8,11-12,15-18,28-29,31-33,40-48,65,76-77H,6,9-10,13-14,19-27,30H2,1-5H3,(H,62,66)(H,63,86)(H,67,78)(H,68,80)(H,69,81)(H,70,82)(H,71,85)(H,72,84)(H,73,79)(H,74,83)(H4,60,61,64);17,21-23H,5-16H2,1-4H3;3-6H,2,7-8,14H2,1H3,(H,15,16,17)/t40-,41-,42-,43+,44-,45-,46-,47-,48-;21-,22+,23+,25+,26+,27+;/m01./s1. The molecule has 3 aromatic carbocycles. The number of aromatic hydroxyl groups is 1.